The Morgan fingerprint density at radius 2 is 0.933 bits per heavy atom. The molecule has 0 aromatic rings. The predicted octanol–water partition coefficient (Wildman–Crippen LogP) is 0.954. The van der Waals surface area contributed by atoms with Crippen molar-refractivity contribution in [1.29, 1.82) is 0 Å². The number of carbonyl (C=O) groups excluding carboxylic acids is 4. The molecular formula is C22H36N4O4. The summed E-state index contributed by atoms with van der Waals surface area (Å²) >= 11 is 0. The second-order valence-corrected chi connectivity index (χ2v) is 8.68. The fourth-order valence-corrected chi connectivity index (χ4v) is 4.95. The van der Waals surface area contributed by atoms with E-state index < -0.39 is 0 Å². The molecule has 2 atom stereocenters. The number of piperazine rings is 2. The number of carbonyl (C=O) groups is 4. The molecule has 168 valence electrons. The lowest BCUT2D eigenvalue weighted by atomic mass is 9.79. The van der Waals surface area contributed by atoms with Gasteiger partial charge in [0, 0.05) is 77.0 Å². The zero-order valence-corrected chi connectivity index (χ0v) is 18.5. The number of hydrogen-bond acceptors (Lipinski definition) is 4. The molecule has 0 spiro atoms. The minimum absolute atomic E-state index is 0.0934. The van der Waals surface area contributed by atoms with Gasteiger partial charge in [-0.3, -0.25) is 19.2 Å². The van der Waals surface area contributed by atoms with E-state index in [4.69, 9.17) is 0 Å². The molecule has 2 aliphatic heterocycles. The molecule has 0 N–H and O–H groups in total. The topological polar surface area (TPSA) is 81.2 Å². The summed E-state index contributed by atoms with van der Waals surface area (Å²) < 4.78 is 0. The lowest BCUT2D eigenvalue weighted by Gasteiger charge is -2.40. The first kappa shape index (κ1) is 22.6. The van der Waals surface area contributed by atoms with E-state index in [1.807, 2.05) is 33.4 Å². The van der Waals surface area contributed by atoms with Crippen LogP contribution in [0.25, 0.3) is 0 Å². The number of hydrogen-bond donors (Lipinski definition) is 0. The van der Waals surface area contributed by atoms with Gasteiger partial charge in [-0.05, 0) is 19.3 Å². The Kier molecular flexibility index (Phi) is 7.72. The van der Waals surface area contributed by atoms with Gasteiger partial charge >= 0.3 is 0 Å². The van der Waals surface area contributed by atoms with Crippen LogP contribution in [0.5, 0.6) is 0 Å². The van der Waals surface area contributed by atoms with Crippen molar-refractivity contribution in [3.8, 4) is 0 Å². The molecule has 8 nitrogen and oxygen atoms in total. The van der Waals surface area contributed by atoms with Gasteiger partial charge in [-0.15, -0.1) is 0 Å². The fraction of sp³-hybridized carbons (Fsp3) is 0.818. The van der Waals surface area contributed by atoms with Crippen molar-refractivity contribution in [3.63, 3.8) is 0 Å². The van der Waals surface area contributed by atoms with Crippen LogP contribution in [0.3, 0.4) is 0 Å². The number of amides is 4. The Hall–Kier alpha value is -2.12. The quantitative estimate of drug-likeness (QED) is 0.678. The average molecular weight is 421 g/mol. The van der Waals surface area contributed by atoms with Crippen molar-refractivity contribution in [3.05, 3.63) is 0 Å². The van der Waals surface area contributed by atoms with Crippen LogP contribution in [0.4, 0.5) is 0 Å². The van der Waals surface area contributed by atoms with Gasteiger partial charge in [0.05, 0.1) is 0 Å². The van der Waals surface area contributed by atoms with Crippen LogP contribution in [0.15, 0.2) is 0 Å². The van der Waals surface area contributed by atoms with E-state index >= 15 is 0 Å². The molecule has 30 heavy (non-hydrogen) atoms. The van der Waals surface area contributed by atoms with Gasteiger partial charge < -0.3 is 19.6 Å². The highest BCUT2D eigenvalue weighted by molar-refractivity contribution is 5.83. The highest BCUT2D eigenvalue weighted by Gasteiger charge is 2.37. The van der Waals surface area contributed by atoms with Crippen LogP contribution in [0, 0.1) is 11.8 Å². The number of nitrogens with zero attached hydrogens (tertiary/aromatic N) is 4. The highest BCUT2D eigenvalue weighted by atomic mass is 16.2. The van der Waals surface area contributed by atoms with Crippen LogP contribution < -0.4 is 0 Å². The van der Waals surface area contributed by atoms with Crippen LogP contribution in [0.1, 0.15) is 52.4 Å². The highest BCUT2D eigenvalue weighted by Crippen LogP contribution is 2.32. The van der Waals surface area contributed by atoms with Crippen LogP contribution >= 0.6 is 0 Å². The molecule has 0 aromatic heterocycles. The zero-order valence-electron chi connectivity index (χ0n) is 18.5. The fourth-order valence-electron chi connectivity index (χ4n) is 4.95. The summed E-state index contributed by atoms with van der Waals surface area (Å²) in [7, 11) is 0. The van der Waals surface area contributed by atoms with Gasteiger partial charge in [0.25, 0.3) is 0 Å². The monoisotopic (exact) mass is 420 g/mol. The van der Waals surface area contributed by atoms with Gasteiger partial charge in [-0.25, -0.2) is 0 Å². The first-order chi connectivity index (χ1) is 14.4. The maximum atomic E-state index is 13.0. The first-order valence-electron chi connectivity index (χ1n) is 11.6. The van der Waals surface area contributed by atoms with Crippen molar-refractivity contribution in [1.82, 2.24) is 19.6 Å². The third kappa shape index (κ3) is 5.13. The first-order valence-corrected chi connectivity index (χ1v) is 11.6. The third-order valence-corrected chi connectivity index (χ3v) is 6.87. The largest absolute Gasteiger partial charge is 0.339 e. The molecule has 8 heteroatoms. The zero-order chi connectivity index (χ0) is 21.7. The van der Waals surface area contributed by atoms with E-state index in [0.29, 0.717) is 71.6 Å². The molecule has 2 unspecified atom stereocenters. The summed E-state index contributed by atoms with van der Waals surface area (Å²) in [5.74, 6) is 0.398. The molecule has 0 aromatic carbocycles. The van der Waals surface area contributed by atoms with Crippen molar-refractivity contribution in [2.45, 2.75) is 52.4 Å². The summed E-state index contributed by atoms with van der Waals surface area (Å²) in [4.78, 5) is 57.2. The number of rotatable bonds is 4. The van der Waals surface area contributed by atoms with Gasteiger partial charge in [0.15, 0.2) is 0 Å². The Balaban J connectivity index is 1.49. The molecule has 4 amide bonds. The summed E-state index contributed by atoms with van der Waals surface area (Å²) in [6.45, 7) is 8.51. The lowest BCUT2D eigenvalue weighted by Crippen LogP contribution is -2.53. The second kappa shape index (κ2) is 10.3. The molecule has 0 bridgehead atoms. The molecular weight excluding hydrogens is 384 g/mol. The second-order valence-electron chi connectivity index (χ2n) is 8.68. The molecule has 2 heterocycles. The van der Waals surface area contributed by atoms with Gasteiger partial charge in [0.2, 0.25) is 23.6 Å². The van der Waals surface area contributed by atoms with Gasteiger partial charge in [0.1, 0.15) is 0 Å². The van der Waals surface area contributed by atoms with E-state index in [9.17, 15) is 19.2 Å². The molecule has 1 saturated carbocycles. The van der Waals surface area contributed by atoms with E-state index in [-0.39, 0.29) is 35.5 Å². The molecule has 0 radical (unpaired) electrons. The van der Waals surface area contributed by atoms with Crippen molar-refractivity contribution >= 4 is 23.6 Å². The van der Waals surface area contributed by atoms with Crippen molar-refractivity contribution in [2.24, 2.45) is 11.8 Å². The van der Waals surface area contributed by atoms with Crippen molar-refractivity contribution in [2.75, 3.05) is 52.4 Å². The van der Waals surface area contributed by atoms with E-state index in [1.165, 1.54) is 0 Å². The maximum absolute atomic E-state index is 13.0. The predicted molar refractivity (Wildman–Crippen MR) is 112 cm³/mol. The van der Waals surface area contributed by atoms with Crippen LogP contribution in [0.2, 0.25) is 0 Å². The molecule has 3 aliphatic rings. The Bertz CT molecular complexity index is 598. The van der Waals surface area contributed by atoms with E-state index in [0.717, 1.165) is 19.3 Å². The smallest absolute Gasteiger partial charge is 0.225 e. The Morgan fingerprint density at radius 1 is 0.600 bits per heavy atom. The van der Waals surface area contributed by atoms with Gasteiger partial charge in [-0.2, -0.15) is 0 Å². The maximum Gasteiger partial charge on any atom is 0.225 e. The summed E-state index contributed by atoms with van der Waals surface area (Å²) in [5, 5.41) is 0. The van der Waals surface area contributed by atoms with E-state index in [2.05, 4.69) is 0 Å². The molecule has 3 fully saturated rings. The molecule has 2 saturated heterocycles. The Morgan fingerprint density at radius 3 is 1.27 bits per heavy atom. The minimum Gasteiger partial charge on any atom is -0.339 e. The van der Waals surface area contributed by atoms with E-state index in [1.54, 1.807) is 0 Å². The SMILES string of the molecule is CCC(=O)N1CCN(C(=O)C2CCCC(C(=O)N3CCN(C(=O)CC)CC3)C2)CC1. The standard InChI is InChI=1S/C22H36N4O4/c1-3-19(27)23-8-12-25(13-9-23)21(29)17-6-5-7-18(16-17)22(30)26-14-10-24(11-15-26)20(28)4-2/h17-18H,3-16H2,1-2H3. The average Bonchev–Trinajstić information content (AvgIpc) is 2.82. The normalized spacial score (nSPS) is 25.3. The molecule has 1 aliphatic carbocycles. The summed E-state index contributed by atoms with van der Waals surface area (Å²) in [6, 6.07) is 0. The Labute approximate surface area is 179 Å². The lowest BCUT2D eigenvalue weighted by molar-refractivity contribution is -0.146. The van der Waals surface area contributed by atoms with Crippen molar-refractivity contribution < 1.29 is 19.2 Å². The third-order valence-electron chi connectivity index (χ3n) is 6.87. The summed E-state index contributed by atoms with van der Waals surface area (Å²) in [5.41, 5.74) is 0. The molecule has 3 rings (SSSR count). The van der Waals surface area contributed by atoms with Crippen LogP contribution in [-0.2, 0) is 19.2 Å². The van der Waals surface area contributed by atoms with Gasteiger partial charge in [-0.1, -0.05) is 20.3 Å². The van der Waals surface area contributed by atoms with Crippen LogP contribution in [-0.4, -0.2) is 95.6 Å². The minimum atomic E-state index is -0.0934. The summed E-state index contributed by atoms with van der Waals surface area (Å²) in [6.07, 6.45) is 4.21.